The average Bonchev–Trinajstić information content (AvgIpc) is 3.06. The van der Waals surface area contributed by atoms with Crippen LogP contribution < -0.4 is 10.6 Å². The summed E-state index contributed by atoms with van der Waals surface area (Å²) in [7, 11) is 0. The molecule has 2 aromatic carbocycles. The molecule has 1 aliphatic heterocycles. The highest BCUT2D eigenvalue weighted by Gasteiger charge is 2.56. The maximum absolute atomic E-state index is 13.4. The van der Waals surface area contributed by atoms with Crippen molar-refractivity contribution in [3.8, 4) is 0 Å². The number of Topliss-reactive ketones (excluding diaryl/α,β-unsaturated/α-hetero) is 1. The van der Waals surface area contributed by atoms with Crippen LogP contribution in [0.4, 0.5) is 5.69 Å². The lowest BCUT2D eigenvalue weighted by Gasteiger charge is -2.32. The van der Waals surface area contributed by atoms with Gasteiger partial charge in [0.25, 0.3) is 0 Å². The monoisotopic (exact) mass is 432 g/mol. The van der Waals surface area contributed by atoms with E-state index in [0.29, 0.717) is 18.0 Å². The number of carbonyl (C=O) groups is 3. The smallest absolute Gasteiger partial charge is 0.244 e. The normalized spacial score (nSPS) is 23.9. The zero-order chi connectivity index (χ0) is 22.7. The summed E-state index contributed by atoms with van der Waals surface area (Å²) >= 11 is 0. The Morgan fingerprint density at radius 2 is 1.66 bits per heavy atom. The Labute approximate surface area is 190 Å². The molecule has 2 atom stereocenters. The lowest BCUT2D eigenvalue weighted by Crippen LogP contribution is -2.53. The van der Waals surface area contributed by atoms with Crippen LogP contribution in [-0.4, -0.2) is 23.1 Å². The van der Waals surface area contributed by atoms with E-state index in [1.54, 1.807) is 0 Å². The molecule has 0 spiro atoms. The lowest BCUT2D eigenvalue weighted by atomic mass is 9.77. The molecule has 2 unspecified atom stereocenters. The first kappa shape index (κ1) is 22.3. The predicted octanol–water partition coefficient (Wildman–Crippen LogP) is 4.63. The molecule has 168 valence electrons. The molecule has 2 aliphatic rings. The number of carbonyl (C=O) groups excluding carboxylic acids is 3. The first-order valence-electron chi connectivity index (χ1n) is 11.7. The molecule has 1 saturated heterocycles. The zero-order valence-electron chi connectivity index (χ0n) is 18.9. The van der Waals surface area contributed by atoms with Crippen molar-refractivity contribution in [2.75, 3.05) is 5.32 Å². The van der Waals surface area contributed by atoms with Gasteiger partial charge in [0.1, 0.15) is 5.54 Å². The first-order valence-corrected chi connectivity index (χ1v) is 11.7. The van der Waals surface area contributed by atoms with Gasteiger partial charge in [-0.3, -0.25) is 14.4 Å². The van der Waals surface area contributed by atoms with Gasteiger partial charge in [0.05, 0.1) is 0 Å². The molecule has 2 aromatic rings. The van der Waals surface area contributed by atoms with E-state index in [-0.39, 0.29) is 11.7 Å². The van der Waals surface area contributed by atoms with E-state index in [4.69, 9.17) is 0 Å². The quantitative estimate of drug-likeness (QED) is 0.654. The van der Waals surface area contributed by atoms with Gasteiger partial charge in [-0.15, -0.1) is 0 Å². The first-order chi connectivity index (χ1) is 15.4. The highest BCUT2D eigenvalue weighted by molar-refractivity contribution is 6.27. The van der Waals surface area contributed by atoms with Crippen LogP contribution >= 0.6 is 0 Å². The van der Waals surface area contributed by atoms with Gasteiger partial charge in [-0.2, -0.15) is 0 Å². The molecule has 0 radical (unpaired) electrons. The van der Waals surface area contributed by atoms with Crippen molar-refractivity contribution < 1.29 is 14.4 Å². The molecule has 5 heteroatoms. The summed E-state index contributed by atoms with van der Waals surface area (Å²) in [5.41, 5.74) is 1.78. The molecule has 1 saturated carbocycles. The number of hydrogen-bond donors (Lipinski definition) is 2. The van der Waals surface area contributed by atoms with E-state index in [0.717, 1.165) is 5.56 Å². The predicted molar refractivity (Wildman–Crippen MR) is 125 cm³/mol. The summed E-state index contributed by atoms with van der Waals surface area (Å²) in [6.07, 6.45) is 6.63. The average molecular weight is 433 g/mol. The second kappa shape index (κ2) is 9.27. The second-order valence-corrected chi connectivity index (χ2v) is 9.52. The summed E-state index contributed by atoms with van der Waals surface area (Å²) in [5.74, 6) is -2.33. The number of ketones is 1. The summed E-state index contributed by atoms with van der Waals surface area (Å²) in [6, 6.07) is 17.5. The summed E-state index contributed by atoms with van der Waals surface area (Å²) < 4.78 is 0. The van der Waals surface area contributed by atoms with Crippen molar-refractivity contribution in [1.82, 2.24) is 5.32 Å². The molecule has 1 aliphatic carbocycles. The standard InChI is InChI=1S/C27H32N2O3/c1-18(2)27(17-19-9-5-3-6-10-19)24(30)23(26(32)29-27)25(31)28-22-15-13-21(14-16-22)20-11-7-4-8-12-20/h3,5-6,9-10,13-16,18,20,23H,4,7-8,11-12,17H2,1-2H3,(H,28,31)(H,29,32). The number of benzene rings is 2. The van der Waals surface area contributed by atoms with Crippen LogP contribution in [0.15, 0.2) is 54.6 Å². The maximum Gasteiger partial charge on any atom is 0.244 e. The minimum absolute atomic E-state index is 0.147. The molecular formula is C27H32N2O3. The van der Waals surface area contributed by atoms with Crippen LogP contribution in [0.2, 0.25) is 0 Å². The summed E-state index contributed by atoms with van der Waals surface area (Å²) in [4.78, 5) is 39.2. The molecule has 5 nitrogen and oxygen atoms in total. The number of hydrogen-bond acceptors (Lipinski definition) is 3. The van der Waals surface area contributed by atoms with E-state index >= 15 is 0 Å². The Morgan fingerprint density at radius 3 is 2.28 bits per heavy atom. The third-order valence-electron chi connectivity index (χ3n) is 7.14. The third-order valence-corrected chi connectivity index (χ3v) is 7.14. The molecule has 2 fully saturated rings. The van der Waals surface area contributed by atoms with Crippen molar-refractivity contribution in [2.45, 2.75) is 63.8 Å². The second-order valence-electron chi connectivity index (χ2n) is 9.52. The summed E-state index contributed by atoms with van der Waals surface area (Å²) in [5, 5.41) is 5.68. The van der Waals surface area contributed by atoms with E-state index in [1.165, 1.54) is 37.7 Å². The van der Waals surface area contributed by atoms with E-state index in [1.807, 2.05) is 56.3 Å². The molecule has 4 rings (SSSR count). The fourth-order valence-electron chi connectivity index (χ4n) is 5.14. The van der Waals surface area contributed by atoms with Crippen LogP contribution in [-0.2, 0) is 20.8 Å². The highest BCUT2D eigenvalue weighted by Crippen LogP contribution is 2.34. The SMILES string of the molecule is CC(C)C1(Cc2ccccc2)NC(=O)C(C(=O)Nc2ccc(C3CCCCC3)cc2)C1=O. The van der Waals surface area contributed by atoms with Crippen LogP contribution in [0.25, 0.3) is 0 Å². The van der Waals surface area contributed by atoms with E-state index in [2.05, 4.69) is 22.8 Å². The van der Waals surface area contributed by atoms with Gasteiger partial charge in [0.2, 0.25) is 11.8 Å². The minimum atomic E-state index is -1.33. The van der Waals surface area contributed by atoms with Crippen molar-refractivity contribution in [3.05, 3.63) is 65.7 Å². The highest BCUT2D eigenvalue weighted by atomic mass is 16.2. The van der Waals surface area contributed by atoms with E-state index in [9.17, 15) is 14.4 Å². The molecule has 0 aromatic heterocycles. The van der Waals surface area contributed by atoms with Crippen LogP contribution in [0.5, 0.6) is 0 Å². The topological polar surface area (TPSA) is 75.3 Å². The van der Waals surface area contributed by atoms with Crippen molar-refractivity contribution in [2.24, 2.45) is 11.8 Å². The Bertz CT molecular complexity index is 978. The Hall–Kier alpha value is -2.95. The third kappa shape index (κ3) is 4.34. The Kier molecular flexibility index (Phi) is 6.45. The Balaban J connectivity index is 1.48. The number of amides is 2. The largest absolute Gasteiger partial charge is 0.342 e. The van der Waals surface area contributed by atoms with Gasteiger partial charge in [0.15, 0.2) is 11.7 Å². The number of nitrogens with one attached hydrogen (secondary N) is 2. The zero-order valence-corrected chi connectivity index (χ0v) is 18.9. The van der Waals surface area contributed by atoms with Gasteiger partial charge in [-0.25, -0.2) is 0 Å². The lowest BCUT2D eigenvalue weighted by molar-refractivity contribution is -0.136. The van der Waals surface area contributed by atoms with Crippen molar-refractivity contribution >= 4 is 23.3 Å². The Morgan fingerprint density at radius 1 is 1.00 bits per heavy atom. The van der Waals surface area contributed by atoms with Crippen molar-refractivity contribution in [1.29, 1.82) is 0 Å². The van der Waals surface area contributed by atoms with Crippen LogP contribution in [0.3, 0.4) is 0 Å². The molecule has 2 N–H and O–H groups in total. The fourth-order valence-corrected chi connectivity index (χ4v) is 5.14. The van der Waals surface area contributed by atoms with Gasteiger partial charge in [-0.05, 0) is 47.9 Å². The number of rotatable bonds is 6. The van der Waals surface area contributed by atoms with Gasteiger partial charge < -0.3 is 10.6 Å². The summed E-state index contributed by atoms with van der Waals surface area (Å²) in [6.45, 7) is 3.82. The maximum atomic E-state index is 13.4. The van der Waals surface area contributed by atoms with Gasteiger partial charge in [0, 0.05) is 12.1 Å². The molecular weight excluding hydrogens is 400 g/mol. The van der Waals surface area contributed by atoms with Crippen LogP contribution in [0.1, 0.15) is 63.0 Å². The van der Waals surface area contributed by atoms with Crippen molar-refractivity contribution in [3.63, 3.8) is 0 Å². The number of anilines is 1. The molecule has 32 heavy (non-hydrogen) atoms. The fraction of sp³-hybridized carbons (Fsp3) is 0.444. The van der Waals surface area contributed by atoms with Crippen LogP contribution in [0, 0.1) is 11.8 Å². The van der Waals surface area contributed by atoms with Gasteiger partial charge >= 0.3 is 0 Å². The molecule has 1 heterocycles. The minimum Gasteiger partial charge on any atom is -0.342 e. The van der Waals surface area contributed by atoms with E-state index < -0.39 is 23.3 Å². The molecule has 0 bridgehead atoms. The molecule has 2 amide bonds. The van der Waals surface area contributed by atoms with Gasteiger partial charge in [-0.1, -0.05) is 75.6 Å².